The maximum atomic E-state index is 10.7. The van der Waals surface area contributed by atoms with Gasteiger partial charge in [0.25, 0.3) is 0 Å². The first-order valence-electron chi connectivity index (χ1n) is 5.15. The molecule has 3 N–H and O–H groups in total. The highest BCUT2D eigenvalue weighted by Gasteiger charge is 2.17. The molecule has 0 aromatic heterocycles. The van der Waals surface area contributed by atoms with Crippen LogP contribution in [0, 0.1) is 0 Å². The number of carbonyl (C=O) groups excluding carboxylic acids is 1. The minimum Gasteiger partial charge on any atom is -0.481 e. The van der Waals surface area contributed by atoms with Crippen molar-refractivity contribution >= 4 is 18.2 Å². The van der Waals surface area contributed by atoms with Crippen molar-refractivity contribution in [2.24, 2.45) is 0 Å². The number of hydrogen-bond acceptors (Lipinski definition) is 4. The molecule has 0 bridgehead atoms. The smallest absolute Gasteiger partial charge is 0.337 e. The molecule has 0 radical (unpaired) electrons. The van der Waals surface area contributed by atoms with Crippen molar-refractivity contribution < 1.29 is 29.7 Å². The lowest BCUT2D eigenvalue weighted by molar-refractivity contribution is -0.147. The number of carboxylic acids is 2. The largest absolute Gasteiger partial charge is 0.481 e. The fraction of sp³-hybridized carbons (Fsp3) is 0.250. The van der Waals surface area contributed by atoms with Crippen LogP contribution in [-0.4, -0.2) is 33.5 Å². The molecule has 0 aliphatic carbocycles. The Morgan fingerprint density at radius 1 is 1.22 bits per heavy atom. The summed E-state index contributed by atoms with van der Waals surface area (Å²) >= 11 is 0. The molecule has 18 heavy (non-hydrogen) atoms. The van der Waals surface area contributed by atoms with Gasteiger partial charge < -0.3 is 15.3 Å². The molecule has 6 heteroatoms. The summed E-state index contributed by atoms with van der Waals surface area (Å²) in [6.07, 6.45) is -1.18. The summed E-state index contributed by atoms with van der Waals surface area (Å²) in [4.78, 5) is 31.8. The van der Waals surface area contributed by atoms with E-state index in [1.54, 1.807) is 0 Å². The Morgan fingerprint density at radius 3 is 2.39 bits per heavy atom. The van der Waals surface area contributed by atoms with E-state index in [1.807, 2.05) is 0 Å². The number of aryl methyl sites for hydroxylation is 1. The van der Waals surface area contributed by atoms with Crippen LogP contribution in [0.2, 0.25) is 0 Å². The average molecular weight is 252 g/mol. The average Bonchev–Trinajstić information content (AvgIpc) is 2.34. The Kier molecular flexibility index (Phi) is 4.56. The van der Waals surface area contributed by atoms with Crippen LogP contribution in [-0.2, 0) is 16.0 Å². The van der Waals surface area contributed by atoms with Crippen LogP contribution in [0.5, 0.6) is 0 Å². The molecule has 6 nitrogen and oxygen atoms in total. The van der Waals surface area contributed by atoms with E-state index in [-0.39, 0.29) is 24.0 Å². The maximum Gasteiger partial charge on any atom is 0.337 e. The van der Waals surface area contributed by atoms with Gasteiger partial charge in [-0.1, -0.05) is 6.07 Å². The zero-order valence-electron chi connectivity index (χ0n) is 9.37. The highest BCUT2D eigenvalue weighted by molar-refractivity contribution is 5.78. The van der Waals surface area contributed by atoms with Gasteiger partial charge in [0.15, 0.2) is 6.10 Å². The predicted octanol–water partition coefficient (Wildman–Crippen LogP) is 0.634. The van der Waals surface area contributed by atoms with Gasteiger partial charge in [-0.15, -0.1) is 0 Å². The first kappa shape index (κ1) is 13.9. The molecule has 0 heterocycles. The molecule has 0 amide bonds. The van der Waals surface area contributed by atoms with E-state index in [2.05, 4.69) is 0 Å². The lowest BCUT2D eigenvalue weighted by atomic mass is 10.00. The second kappa shape index (κ2) is 5.92. The van der Waals surface area contributed by atoms with Crippen LogP contribution in [0.15, 0.2) is 18.2 Å². The highest BCUT2D eigenvalue weighted by atomic mass is 16.4. The molecular formula is C12H12O6. The molecule has 0 saturated heterocycles. The van der Waals surface area contributed by atoms with Crippen molar-refractivity contribution in [3.8, 4) is 0 Å². The first-order valence-corrected chi connectivity index (χ1v) is 5.15. The van der Waals surface area contributed by atoms with E-state index in [9.17, 15) is 19.5 Å². The van der Waals surface area contributed by atoms with E-state index in [4.69, 9.17) is 10.2 Å². The summed E-state index contributed by atoms with van der Waals surface area (Å²) in [6.45, 7) is 0. The van der Waals surface area contributed by atoms with Gasteiger partial charge in [-0.2, -0.15) is 0 Å². The van der Waals surface area contributed by atoms with E-state index in [0.717, 1.165) is 0 Å². The summed E-state index contributed by atoms with van der Waals surface area (Å²) in [5.41, 5.74) is 0.762. The summed E-state index contributed by atoms with van der Waals surface area (Å²) in [5.74, 6) is -2.42. The molecule has 0 aliphatic heterocycles. The fourth-order valence-electron chi connectivity index (χ4n) is 1.51. The SMILES string of the molecule is O=Cc1cc(CCC(=O)O)cc(C(O)C(=O)O)c1. The number of carboxylic acid groups (broad SMARTS) is 2. The number of aliphatic carboxylic acids is 2. The second-order valence-corrected chi connectivity index (χ2v) is 3.76. The van der Waals surface area contributed by atoms with Gasteiger partial charge in [0.05, 0.1) is 0 Å². The van der Waals surface area contributed by atoms with Gasteiger partial charge in [-0.05, 0) is 29.7 Å². The number of aliphatic hydroxyl groups excluding tert-OH is 1. The van der Waals surface area contributed by atoms with Gasteiger partial charge in [0, 0.05) is 12.0 Å². The molecule has 1 atom stereocenters. The fourth-order valence-corrected chi connectivity index (χ4v) is 1.51. The van der Waals surface area contributed by atoms with Crippen LogP contribution in [0.4, 0.5) is 0 Å². The van der Waals surface area contributed by atoms with Crippen LogP contribution in [0.25, 0.3) is 0 Å². The minimum atomic E-state index is -1.73. The summed E-state index contributed by atoms with van der Waals surface area (Å²) in [5, 5.41) is 26.6. The lowest BCUT2D eigenvalue weighted by Gasteiger charge is -2.09. The Morgan fingerprint density at radius 2 is 1.89 bits per heavy atom. The van der Waals surface area contributed by atoms with Crippen LogP contribution >= 0.6 is 0 Å². The molecular weight excluding hydrogens is 240 g/mol. The predicted molar refractivity (Wildman–Crippen MR) is 60.4 cm³/mol. The molecule has 1 rings (SSSR count). The number of hydrogen-bond donors (Lipinski definition) is 3. The van der Waals surface area contributed by atoms with Crippen LogP contribution < -0.4 is 0 Å². The number of rotatable bonds is 6. The maximum absolute atomic E-state index is 10.7. The molecule has 0 spiro atoms. The van der Waals surface area contributed by atoms with E-state index >= 15 is 0 Å². The van der Waals surface area contributed by atoms with Crippen molar-refractivity contribution in [2.75, 3.05) is 0 Å². The third-order valence-corrected chi connectivity index (χ3v) is 2.35. The molecule has 0 aliphatic rings. The molecule has 1 unspecified atom stereocenters. The molecule has 0 saturated carbocycles. The van der Waals surface area contributed by atoms with Gasteiger partial charge in [-0.25, -0.2) is 4.79 Å². The van der Waals surface area contributed by atoms with Gasteiger partial charge in [0.2, 0.25) is 0 Å². The van der Waals surface area contributed by atoms with Gasteiger partial charge >= 0.3 is 11.9 Å². The molecule has 1 aromatic rings. The Labute approximate surface area is 102 Å². The number of aliphatic hydroxyl groups is 1. The number of carbonyl (C=O) groups is 3. The summed E-state index contributed by atoms with van der Waals surface area (Å²) in [6, 6.07) is 4.11. The van der Waals surface area contributed by atoms with Crippen molar-refractivity contribution in [1.82, 2.24) is 0 Å². The van der Waals surface area contributed by atoms with Crippen molar-refractivity contribution in [3.05, 3.63) is 34.9 Å². The summed E-state index contributed by atoms with van der Waals surface area (Å²) in [7, 11) is 0. The van der Waals surface area contributed by atoms with E-state index in [1.165, 1.54) is 18.2 Å². The summed E-state index contributed by atoms with van der Waals surface area (Å²) < 4.78 is 0. The van der Waals surface area contributed by atoms with Crippen molar-refractivity contribution in [3.63, 3.8) is 0 Å². The number of aldehydes is 1. The first-order chi connectivity index (χ1) is 8.43. The lowest BCUT2D eigenvalue weighted by Crippen LogP contribution is -2.11. The zero-order valence-corrected chi connectivity index (χ0v) is 9.37. The monoisotopic (exact) mass is 252 g/mol. The topological polar surface area (TPSA) is 112 Å². The van der Waals surface area contributed by atoms with Gasteiger partial charge in [-0.3, -0.25) is 9.59 Å². The van der Waals surface area contributed by atoms with Gasteiger partial charge in [0.1, 0.15) is 6.29 Å². The molecule has 1 aromatic carbocycles. The Bertz CT molecular complexity index is 479. The zero-order chi connectivity index (χ0) is 13.7. The van der Waals surface area contributed by atoms with Crippen LogP contribution in [0.3, 0.4) is 0 Å². The van der Waals surface area contributed by atoms with E-state index < -0.39 is 18.0 Å². The number of benzene rings is 1. The van der Waals surface area contributed by atoms with Crippen LogP contribution in [0.1, 0.15) is 34.0 Å². The van der Waals surface area contributed by atoms with E-state index in [0.29, 0.717) is 11.8 Å². The molecule has 96 valence electrons. The third kappa shape index (κ3) is 3.67. The molecule has 0 fully saturated rings. The highest BCUT2D eigenvalue weighted by Crippen LogP contribution is 2.18. The standard InChI is InChI=1S/C12H12O6/c13-6-8-3-7(1-2-10(14)15)4-9(5-8)11(16)12(17)18/h3-6,11,16H,1-2H2,(H,14,15)(H,17,18). The van der Waals surface area contributed by atoms with Crippen molar-refractivity contribution in [1.29, 1.82) is 0 Å². The Balaban J connectivity index is 3.04. The quantitative estimate of drug-likeness (QED) is 0.640. The van der Waals surface area contributed by atoms with Crippen molar-refractivity contribution in [2.45, 2.75) is 18.9 Å². The Hall–Kier alpha value is -2.21. The third-order valence-electron chi connectivity index (χ3n) is 2.35. The normalized spacial score (nSPS) is 11.8. The minimum absolute atomic E-state index is 0.0625. The second-order valence-electron chi connectivity index (χ2n) is 3.76.